The van der Waals surface area contributed by atoms with Gasteiger partial charge < -0.3 is 9.80 Å². The number of amides is 1. The molecule has 1 unspecified atom stereocenters. The van der Waals surface area contributed by atoms with Gasteiger partial charge in [-0.15, -0.1) is 0 Å². The molecule has 1 amide bonds. The van der Waals surface area contributed by atoms with Gasteiger partial charge in [0.25, 0.3) is 0 Å². The zero-order valence-electron chi connectivity index (χ0n) is 14.6. The Morgan fingerprint density at radius 1 is 0.864 bits per heavy atom. The van der Waals surface area contributed by atoms with Crippen LogP contribution in [0.15, 0.2) is 0 Å². The molecule has 126 valence electrons. The van der Waals surface area contributed by atoms with Crippen LogP contribution in [0, 0.1) is 17.8 Å². The second-order valence-corrected chi connectivity index (χ2v) is 8.16. The average molecular weight is 306 g/mol. The van der Waals surface area contributed by atoms with Gasteiger partial charge in [-0.1, -0.05) is 13.3 Å². The average Bonchev–Trinajstić information content (AvgIpc) is 2.56. The largest absolute Gasteiger partial charge is 0.342 e. The molecule has 1 atom stereocenters. The highest BCUT2D eigenvalue weighted by Gasteiger charge is 2.34. The Morgan fingerprint density at radius 2 is 1.55 bits per heavy atom. The van der Waals surface area contributed by atoms with Crippen LogP contribution in [0.5, 0.6) is 0 Å². The van der Waals surface area contributed by atoms with E-state index >= 15 is 0 Å². The van der Waals surface area contributed by atoms with Gasteiger partial charge in [0.2, 0.25) is 5.91 Å². The van der Waals surface area contributed by atoms with Gasteiger partial charge in [0.15, 0.2) is 0 Å². The fourth-order valence-corrected chi connectivity index (χ4v) is 4.97. The summed E-state index contributed by atoms with van der Waals surface area (Å²) >= 11 is 0. The second-order valence-electron chi connectivity index (χ2n) is 8.16. The summed E-state index contributed by atoms with van der Waals surface area (Å²) in [7, 11) is 2.30. The number of piperidine rings is 2. The van der Waals surface area contributed by atoms with Gasteiger partial charge in [0.05, 0.1) is 0 Å². The number of likely N-dealkylation sites (tertiary alicyclic amines) is 2. The minimum atomic E-state index is 0.338. The molecule has 2 heterocycles. The Morgan fingerprint density at radius 3 is 2.18 bits per heavy atom. The SMILES string of the molecule is CC1CCC(C(=O)N2CCC(C3CCCCN3C)CC2)CC1. The fourth-order valence-electron chi connectivity index (χ4n) is 4.97. The summed E-state index contributed by atoms with van der Waals surface area (Å²) in [6, 6.07) is 0.779. The van der Waals surface area contributed by atoms with Crippen LogP contribution < -0.4 is 0 Å². The van der Waals surface area contributed by atoms with E-state index in [-0.39, 0.29) is 0 Å². The molecular formula is C19H34N2O. The first-order chi connectivity index (χ1) is 10.6. The molecule has 3 fully saturated rings. The smallest absolute Gasteiger partial charge is 0.225 e. The van der Waals surface area contributed by atoms with Crippen molar-refractivity contribution < 1.29 is 4.79 Å². The van der Waals surface area contributed by atoms with Crippen molar-refractivity contribution >= 4 is 5.91 Å². The third kappa shape index (κ3) is 3.67. The van der Waals surface area contributed by atoms with Crippen molar-refractivity contribution in [2.45, 2.75) is 70.8 Å². The summed E-state index contributed by atoms with van der Waals surface area (Å²) in [6.45, 7) is 5.62. The summed E-state index contributed by atoms with van der Waals surface area (Å²) in [5, 5.41) is 0. The normalized spacial score (nSPS) is 35.5. The Kier molecular flexibility index (Phi) is 5.43. The minimum Gasteiger partial charge on any atom is -0.342 e. The first-order valence-electron chi connectivity index (χ1n) is 9.64. The molecule has 2 saturated heterocycles. The number of carbonyl (C=O) groups is 1. The van der Waals surface area contributed by atoms with Crippen molar-refractivity contribution in [3.8, 4) is 0 Å². The highest BCUT2D eigenvalue weighted by atomic mass is 16.2. The molecule has 0 spiro atoms. The Hall–Kier alpha value is -0.570. The van der Waals surface area contributed by atoms with E-state index in [1.165, 1.54) is 51.5 Å². The third-order valence-corrected chi connectivity index (χ3v) is 6.59. The summed E-state index contributed by atoms with van der Waals surface area (Å²) in [6.07, 6.45) is 11.3. The lowest BCUT2D eigenvalue weighted by Gasteiger charge is -2.43. The van der Waals surface area contributed by atoms with E-state index in [9.17, 15) is 4.79 Å². The van der Waals surface area contributed by atoms with Gasteiger partial charge in [0, 0.05) is 25.0 Å². The molecule has 1 aliphatic carbocycles. The van der Waals surface area contributed by atoms with E-state index in [4.69, 9.17) is 0 Å². The van der Waals surface area contributed by atoms with Gasteiger partial charge in [-0.3, -0.25) is 4.79 Å². The summed E-state index contributed by atoms with van der Waals surface area (Å²) in [5.41, 5.74) is 0. The Balaban J connectivity index is 1.48. The molecule has 3 rings (SSSR count). The van der Waals surface area contributed by atoms with Crippen LogP contribution in [-0.4, -0.2) is 48.4 Å². The van der Waals surface area contributed by atoms with Crippen molar-refractivity contribution in [3.63, 3.8) is 0 Å². The minimum absolute atomic E-state index is 0.338. The maximum absolute atomic E-state index is 12.7. The Labute approximate surface area is 136 Å². The van der Waals surface area contributed by atoms with E-state index in [1.807, 2.05) is 0 Å². The Bertz CT molecular complexity index is 368. The summed E-state index contributed by atoms with van der Waals surface area (Å²) in [5.74, 6) is 2.46. The van der Waals surface area contributed by atoms with Crippen LogP contribution in [0.2, 0.25) is 0 Å². The van der Waals surface area contributed by atoms with E-state index < -0.39 is 0 Å². The molecule has 22 heavy (non-hydrogen) atoms. The molecule has 1 saturated carbocycles. The molecule has 3 aliphatic rings. The zero-order valence-corrected chi connectivity index (χ0v) is 14.6. The highest BCUT2D eigenvalue weighted by Crippen LogP contribution is 2.33. The number of hydrogen-bond acceptors (Lipinski definition) is 2. The topological polar surface area (TPSA) is 23.6 Å². The molecule has 0 radical (unpaired) electrons. The van der Waals surface area contributed by atoms with E-state index in [2.05, 4.69) is 23.8 Å². The first kappa shape index (κ1) is 16.3. The molecule has 0 aromatic carbocycles. The molecule has 3 heteroatoms. The molecule has 0 bridgehead atoms. The predicted molar refractivity (Wildman–Crippen MR) is 90.7 cm³/mol. The zero-order chi connectivity index (χ0) is 15.5. The van der Waals surface area contributed by atoms with E-state index in [1.54, 1.807) is 0 Å². The van der Waals surface area contributed by atoms with Gasteiger partial charge in [-0.2, -0.15) is 0 Å². The molecular weight excluding hydrogens is 272 g/mol. The van der Waals surface area contributed by atoms with Gasteiger partial charge in [-0.05, 0) is 76.8 Å². The van der Waals surface area contributed by atoms with Gasteiger partial charge in [0.1, 0.15) is 0 Å². The standard InChI is InChI=1S/C19H34N2O/c1-15-6-8-17(9-7-15)19(22)21-13-10-16(11-14-21)18-5-3-4-12-20(18)2/h15-18H,3-14H2,1-2H3. The highest BCUT2D eigenvalue weighted by molar-refractivity contribution is 5.79. The van der Waals surface area contributed by atoms with Crippen molar-refractivity contribution in [1.29, 1.82) is 0 Å². The molecule has 0 aromatic heterocycles. The van der Waals surface area contributed by atoms with Gasteiger partial charge in [-0.25, -0.2) is 0 Å². The molecule has 0 N–H and O–H groups in total. The summed E-state index contributed by atoms with van der Waals surface area (Å²) in [4.78, 5) is 17.5. The fraction of sp³-hybridized carbons (Fsp3) is 0.947. The monoisotopic (exact) mass is 306 g/mol. The predicted octanol–water partition coefficient (Wildman–Crippen LogP) is 3.54. The van der Waals surface area contributed by atoms with Crippen molar-refractivity contribution in [2.75, 3.05) is 26.7 Å². The van der Waals surface area contributed by atoms with Crippen LogP contribution >= 0.6 is 0 Å². The maximum atomic E-state index is 12.7. The van der Waals surface area contributed by atoms with Crippen LogP contribution in [0.4, 0.5) is 0 Å². The van der Waals surface area contributed by atoms with Crippen LogP contribution in [0.25, 0.3) is 0 Å². The third-order valence-electron chi connectivity index (χ3n) is 6.59. The van der Waals surface area contributed by atoms with Crippen LogP contribution in [0.3, 0.4) is 0 Å². The van der Waals surface area contributed by atoms with Crippen molar-refractivity contribution in [2.24, 2.45) is 17.8 Å². The maximum Gasteiger partial charge on any atom is 0.225 e. The van der Waals surface area contributed by atoms with E-state index in [0.29, 0.717) is 11.8 Å². The van der Waals surface area contributed by atoms with Crippen LogP contribution in [0.1, 0.15) is 64.7 Å². The molecule has 0 aromatic rings. The van der Waals surface area contributed by atoms with Crippen molar-refractivity contribution in [1.82, 2.24) is 9.80 Å². The number of hydrogen-bond donors (Lipinski definition) is 0. The molecule has 2 aliphatic heterocycles. The quantitative estimate of drug-likeness (QED) is 0.779. The lowest BCUT2D eigenvalue weighted by atomic mass is 9.81. The lowest BCUT2D eigenvalue weighted by molar-refractivity contribution is -0.138. The number of carbonyl (C=O) groups excluding carboxylic acids is 1. The van der Waals surface area contributed by atoms with Crippen LogP contribution in [-0.2, 0) is 4.79 Å². The van der Waals surface area contributed by atoms with E-state index in [0.717, 1.165) is 43.8 Å². The first-order valence-corrected chi connectivity index (χ1v) is 9.64. The lowest BCUT2D eigenvalue weighted by Crippen LogP contribution is -2.48. The second kappa shape index (κ2) is 7.33. The number of rotatable bonds is 2. The van der Waals surface area contributed by atoms with Crippen molar-refractivity contribution in [3.05, 3.63) is 0 Å². The molecule has 3 nitrogen and oxygen atoms in total. The van der Waals surface area contributed by atoms with Gasteiger partial charge >= 0.3 is 0 Å². The summed E-state index contributed by atoms with van der Waals surface area (Å²) < 4.78 is 0. The number of nitrogens with zero attached hydrogens (tertiary/aromatic N) is 2.